The van der Waals surface area contributed by atoms with E-state index < -0.39 is 0 Å². The largest absolute Gasteiger partial charge is 0.375 e. The fourth-order valence-electron chi connectivity index (χ4n) is 3.24. The maximum atomic E-state index is 12.3. The lowest BCUT2D eigenvalue weighted by Crippen LogP contribution is -2.31. The van der Waals surface area contributed by atoms with Gasteiger partial charge in [-0.15, -0.1) is 0 Å². The van der Waals surface area contributed by atoms with Crippen molar-refractivity contribution in [3.05, 3.63) is 65.2 Å². The molecular weight excluding hydrogens is 344 g/mol. The van der Waals surface area contributed by atoms with Gasteiger partial charge in [0.05, 0.1) is 11.1 Å². The minimum absolute atomic E-state index is 0.163. The normalized spacial score (nSPS) is 13.2. The highest BCUT2D eigenvalue weighted by atomic mass is 32.2. The van der Waals surface area contributed by atoms with Crippen molar-refractivity contribution in [2.24, 2.45) is 0 Å². The second-order valence-corrected chi connectivity index (χ2v) is 7.41. The number of hydrogen-bond donors (Lipinski definition) is 0. The van der Waals surface area contributed by atoms with E-state index >= 15 is 0 Å². The van der Waals surface area contributed by atoms with Crippen LogP contribution in [0.25, 0.3) is 0 Å². The molecular formula is C21H24N2O2S. The first-order valence-corrected chi connectivity index (χ1v) is 10.3. The van der Waals surface area contributed by atoms with Gasteiger partial charge in [0.15, 0.2) is 0 Å². The van der Waals surface area contributed by atoms with Crippen LogP contribution >= 0.6 is 11.8 Å². The van der Waals surface area contributed by atoms with E-state index in [4.69, 9.17) is 0 Å². The molecule has 0 saturated heterocycles. The lowest BCUT2D eigenvalue weighted by Gasteiger charge is -2.21. The molecule has 2 aromatic rings. The molecule has 0 aliphatic carbocycles. The monoisotopic (exact) mass is 368 g/mol. The van der Waals surface area contributed by atoms with Crippen LogP contribution in [0.3, 0.4) is 0 Å². The molecule has 26 heavy (non-hydrogen) atoms. The summed E-state index contributed by atoms with van der Waals surface area (Å²) in [7, 11) is 2.08. The first kappa shape index (κ1) is 18.5. The highest BCUT2D eigenvalue weighted by Crippen LogP contribution is 2.23. The fourth-order valence-corrected chi connectivity index (χ4v) is 3.75. The Morgan fingerprint density at radius 2 is 1.65 bits per heavy atom. The van der Waals surface area contributed by atoms with Crippen molar-refractivity contribution in [2.75, 3.05) is 31.3 Å². The van der Waals surface area contributed by atoms with Gasteiger partial charge in [-0.25, -0.2) is 0 Å². The standard InChI is InChI=1S/C21H24N2O2S/c1-22(17-9-7-8-16(14-17)15-26-2)12-5-6-13-23-20(24)18-10-3-4-11-19(18)21(23)25/h3-4,7-11,14H,5-6,12-13,15H2,1-2H3. The van der Waals surface area contributed by atoms with Crippen molar-refractivity contribution in [3.8, 4) is 0 Å². The molecule has 4 nitrogen and oxygen atoms in total. The number of hydrogen-bond acceptors (Lipinski definition) is 4. The molecule has 0 aromatic heterocycles. The number of imide groups is 1. The van der Waals surface area contributed by atoms with Crippen LogP contribution in [0.15, 0.2) is 48.5 Å². The van der Waals surface area contributed by atoms with Crippen LogP contribution in [0.1, 0.15) is 39.1 Å². The highest BCUT2D eigenvalue weighted by molar-refractivity contribution is 7.97. The summed E-state index contributed by atoms with van der Waals surface area (Å²) in [6.45, 7) is 1.37. The molecule has 0 fully saturated rings. The van der Waals surface area contributed by atoms with Gasteiger partial charge in [-0.1, -0.05) is 24.3 Å². The summed E-state index contributed by atoms with van der Waals surface area (Å²) in [6.07, 6.45) is 3.84. The van der Waals surface area contributed by atoms with Crippen LogP contribution in [0.4, 0.5) is 5.69 Å². The number of thioether (sulfide) groups is 1. The van der Waals surface area contributed by atoms with E-state index in [0.29, 0.717) is 17.7 Å². The molecule has 3 rings (SSSR count). The maximum absolute atomic E-state index is 12.3. The molecule has 0 saturated carbocycles. The summed E-state index contributed by atoms with van der Waals surface area (Å²) >= 11 is 1.82. The van der Waals surface area contributed by atoms with Gasteiger partial charge in [0.2, 0.25) is 0 Å². The molecule has 0 unspecified atom stereocenters. The predicted octanol–water partition coefficient (Wildman–Crippen LogP) is 4.06. The third-order valence-electron chi connectivity index (χ3n) is 4.67. The van der Waals surface area contributed by atoms with Crippen molar-refractivity contribution in [3.63, 3.8) is 0 Å². The molecule has 1 aliphatic heterocycles. The number of amides is 2. The number of unbranched alkanes of at least 4 members (excludes halogenated alkanes) is 1. The number of nitrogens with zero attached hydrogens (tertiary/aromatic N) is 2. The Bertz CT molecular complexity index is 771. The topological polar surface area (TPSA) is 40.6 Å². The molecule has 1 heterocycles. The van der Waals surface area contributed by atoms with Crippen molar-refractivity contribution in [2.45, 2.75) is 18.6 Å². The van der Waals surface area contributed by atoms with E-state index in [-0.39, 0.29) is 11.8 Å². The Morgan fingerprint density at radius 3 is 2.31 bits per heavy atom. The molecule has 0 bridgehead atoms. The van der Waals surface area contributed by atoms with E-state index in [0.717, 1.165) is 25.1 Å². The van der Waals surface area contributed by atoms with Crippen LogP contribution in [-0.4, -0.2) is 43.1 Å². The number of anilines is 1. The number of carbonyl (C=O) groups excluding carboxylic acids is 2. The maximum Gasteiger partial charge on any atom is 0.261 e. The van der Waals surface area contributed by atoms with E-state index in [1.165, 1.54) is 16.2 Å². The van der Waals surface area contributed by atoms with Gasteiger partial charge in [0, 0.05) is 31.6 Å². The third-order valence-corrected chi connectivity index (χ3v) is 5.29. The van der Waals surface area contributed by atoms with E-state index in [1.54, 1.807) is 24.3 Å². The molecule has 136 valence electrons. The molecule has 5 heteroatoms. The molecule has 2 amide bonds. The summed E-state index contributed by atoms with van der Waals surface area (Å²) in [4.78, 5) is 28.3. The molecule has 0 spiro atoms. The Labute approximate surface area is 159 Å². The van der Waals surface area contributed by atoms with E-state index in [2.05, 4.69) is 42.5 Å². The Hall–Kier alpha value is -2.27. The van der Waals surface area contributed by atoms with Crippen LogP contribution in [-0.2, 0) is 5.75 Å². The number of benzene rings is 2. The summed E-state index contributed by atoms with van der Waals surface area (Å²) in [5, 5.41) is 0. The van der Waals surface area contributed by atoms with Crippen molar-refractivity contribution in [1.29, 1.82) is 0 Å². The van der Waals surface area contributed by atoms with Crippen molar-refractivity contribution < 1.29 is 9.59 Å². The van der Waals surface area contributed by atoms with Gasteiger partial charge in [-0.05, 0) is 48.9 Å². The van der Waals surface area contributed by atoms with Gasteiger partial charge in [-0.2, -0.15) is 11.8 Å². The Morgan fingerprint density at radius 1 is 0.962 bits per heavy atom. The summed E-state index contributed by atoms with van der Waals surface area (Å²) < 4.78 is 0. The van der Waals surface area contributed by atoms with Crippen LogP contribution in [0, 0.1) is 0 Å². The number of carbonyl (C=O) groups is 2. The lowest BCUT2D eigenvalue weighted by molar-refractivity contribution is 0.0652. The van der Waals surface area contributed by atoms with Crippen LogP contribution < -0.4 is 4.90 Å². The van der Waals surface area contributed by atoms with E-state index in [9.17, 15) is 9.59 Å². The van der Waals surface area contributed by atoms with Gasteiger partial charge in [-0.3, -0.25) is 14.5 Å². The molecule has 2 aromatic carbocycles. The van der Waals surface area contributed by atoms with Gasteiger partial charge in [0.1, 0.15) is 0 Å². The van der Waals surface area contributed by atoms with E-state index in [1.807, 2.05) is 11.8 Å². The van der Waals surface area contributed by atoms with Gasteiger partial charge < -0.3 is 4.90 Å². The predicted molar refractivity (Wildman–Crippen MR) is 108 cm³/mol. The first-order chi connectivity index (χ1) is 12.6. The molecule has 1 aliphatic rings. The minimum atomic E-state index is -0.163. The third kappa shape index (κ3) is 3.93. The smallest absolute Gasteiger partial charge is 0.261 e. The minimum Gasteiger partial charge on any atom is -0.375 e. The lowest BCUT2D eigenvalue weighted by atomic mass is 10.1. The first-order valence-electron chi connectivity index (χ1n) is 8.86. The summed E-state index contributed by atoms with van der Waals surface area (Å²) in [6, 6.07) is 15.6. The van der Waals surface area contributed by atoms with Crippen molar-refractivity contribution >= 4 is 29.3 Å². The number of rotatable bonds is 8. The fraction of sp³-hybridized carbons (Fsp3) is 0.333. The zero-order chi connectivity index (χ0) is 18.5. The van der Waals surface area contributed by atoms with Gasteiger partial charge in [0.25, 0.3) is 11.8 Å². The Balaban J connectivity index is 1.50. The second-order valence-electron chi connectivity index (χ2n) is 6.54. The summed E-state index contributed by atoms with van der Waals surface area (Å²) in [5.41, 5.74) is 3.59. The average Bonchev–Trinajstić information content (AvgIpc) is 2.90. The van der Waals surface area contributed by atoms with Crippen LogP contribution in [0.5, 0.6) is 0 Å². The van der Waals surface area contributed by atoms with Gasteiger partial charge >= 0.3 is 0 Å². The van der Waals surface area contributed by atoms with Crippen molar-refractivity contribution in [1.82, 2.24) is 4.90 Å². The zero-order valence-corrected chi connectivity index (χ0v) is 16.1. The SMILES string of the molecule is CSCc1cccc(N(C)CCCCN2C(=O)c3ccccc3C2=O)c1. The zero-order valence-electron chi connectivity index (χ0n) is 15.3. The quantitative estimate of drug-likeness (QED) is 0.520. The summed E-state index contributed by atoms with van der Waals surface area (Å²) in [5.74, 6) is 0.689. The molecule has 0 radical (unpaired) electrons. The molecule has 0 atom stereocenters. The average molecular weight is 369 g/mol. The highest BCUT2D eigenvalue weighted by Gasteiger charge is 2.34. The number of fused-ring (bicyclic) bond motifs is 1. The van der Waals surface area contributed by atoms with Crippen LogP contribution in [0.2, 0.25) is 0 Å². The Kier molecular flexibility index (Phi) is 5.99. The molecule has 0 N–H and O–H groups in total. The second kappa shape index (κ2) is 8.41.